The molecule has 1 amide bonds. The molecule has 1 N–H and O–H groups in total. The molecular weight excluding hydrogens is 408 g/mol. The third-order valence-electron chi connectivity index (χ3n) is 4.24. The molecule has 1 aromatic carbocycles. The van der Waals surface area contributed by atoms with Gasteiger partial charge in [0.1, 0.15) is 5.76 Å². The summed E-state index contributed by atoms with van der Waals surface area (Å²) < 4.78 is 12.7. The molecule has 9 heteroatoms. The second-order valence-corrected chi connectivity index (χ2v) is 7.03. The van der Waals surface area contributed by atoms with Crippen LogP contribution in [0.25, 0.3) is 11.3 Å². The molecule has 4 aromatic rings. The first-order valence-corrected chi connectivity index (χ1v) is 9.44. The first-order chi connectivity index (χ1) is 14.4. The Morgan fingerprint density at radius 1 is 1.17 bits per heavy atom. The number of carbonyl (C=O) groups excluding carboxylic acids is 2. The van der Waals surface area contributed by atoms with Gasteiger partial charge in [-0.2, -0.15) is 5.10 Å². The fourth-order valence-electron chi connectivity index (χ4n) is 2.91. The lowest BCUT2D eigenvalue weighted by molar-refractivity contribution is 0.0983. The average Bonchev–Trinajstić information content (AvgIpc) is 3.42. The zero-order valence-electron chi connectivity index (χ0n) is 16.2. The van der Waals surface area contributed by atoms with Crippen LogP contribution in [0.5, 0.6) is 0 Å². The smallest absolute Gasteiger partial charge is 0.279 e. The zero-order valence-corrected chi connectivity index (χ0v) is 16.9. The van der Waals surface area contributed by atoms with Gasteiger partial charge in [-0.15, -0.1) is 0 Å². The number of nitrogens with one attached hydrogen (secondary N) is 1. The lowest BCUT2D eigenvalue weighted by Gasteiger charge is -2.03. The Labute approximate surface area is 176 Å². The first kappa shape index (κ1) is 19.7. The van der Waals surface area contributed by atoms with Gasteiger partial charge >= 0.3 is 0 Å². The molecule has 0 radical (unpaired) electrons. The van der Waals surface area contributed by atoms with Crippen molar-refractivity contribution in [2.75, 3.05) is 5.32 Å². The molecule has 0 spiro atoms. The van der Waals surface area contributed by atoms with Crippen molar-refractivity contribution < 1.29 is 18.4 Å². The molecule has 0 aliphatic heterocycles. The third-order valence-corrected chi connectivity index (χ3v) is 4.48. The molecule has 30 heavy (non-hydrogen) atoms. The number of hydrogen-bond donors (Lipinski definition) is 1. The van der Waals surface area contributed by atoms with Crippen LogP contribution in [-0.4, -0.2) is 26.5 Å². The highest BCUT2D eigenvalue weighted by Gasteiger charge is 2.21. The van der Waals surface area contributed by atoms with Gasteiger partial charge in [0.15, 0.2) is 34.7 Å². The predicted octanol–water partition coefficient (Wildman–Crippen LogP) is 4.60. The molecule has 3 heterocycles. The van der Waals surface area contributed by atoms with E-state index in [4.69, 9.17) is 20.4 Å². The number of Topliss-reactive ketones (excluding diaryl/α,β-unsaturated/α-hetero) is 1. The number of anilines is 1. The Kier molecular flexibility index (Phi) is 5.24. The number of rotatable bonds is 6. The Hall–Kier alpha value is -3.65. The summed E-state index contributed by atoms with van der Waals surface area (Å²) in [5.74, 6) is 1.31. The summed E-state index contributed by atoms with van der Waals surface area (Å²) in [5, 5.41) is 7.55. The van der Waals surface area contributed by atoms with Crippen LogP contribution in [0.4, 0.5) is 5.82 Å². The summed E-state index contributed by atoms with van der Waals surface area (Å²) in [4.78, 5) is 28.3. The van der Waals surface area contributed by atoms with Crippen molar-refractivity contribution in [2.24, 2.45) is 0 Å². The molecule has 0 saturated carbocycles. The minimum Gasteiger partial charge on any atom is -0.456 e. The Morgan fingerprint density at radius 3 is 2.73 bits per heavy atom. The molecule has 4 rings (SSSR count). The number of aromatic nitrogens is 3. The standard InChI is InChI=1S/C21H17ClN4O4/c1-12(27)17-7-6-16(30-17)11-26-9-8-18(25-26)24-21(28)19-20(29-13(2)23-19)14-4-3-5-15(22)10-14/h3-10H,11H2,1-2H3,(H,24,25,28). The first-order valence-electron chi connectivity index (χ1n) is 9.07. The van der Waals surface area contributed by atoms with Crippen LogP contribution in [-0.2, 0) is 6.54 Å². The minimum atomic E-state index is -0.455. The van der Waals surface area contributed by atoms with Gasteiger partial charge < -0.3 is 14.2 Å². The van der Waals surface area contributed by atoms with E-state index in [1.807, 2.05) is 0 Å². The van der Waals surface area contributed by atoms with Crippen molar-refractivity contribution in [1.82, 2.24) is 14.8 Å². The van der Waals surface area contributed by atoms with Gasteiger partial charge in [0, 0.05) is 36.7 Å². The molecule has 0 unspecified atom stereocenters. The number of nitrogens with zero attached hydrogens (tertiary/aromatic N) is 3. The summed E-state index contributed by atoms with van der Waals surface area (Å²) in [5.41, 5.74) is 0.791. The monoisotopic (exact) mass is 424 g/mol. The van der Waals surface area contributed by atoms with Crippen LogP contribution in [0.3, 0.4) is 0 Å². The molecule has 3 aromatic heterocycles. The second-order valence-electron chi connectivity index (χ2n) is 6.60. The van der Waals surface area contributed by atoms with E-state index in [1.54, 1.807) is 60.3 Å². The summed E-state index contributed by atoms with van der Waals surface area (Å²) in [6.07, 6.45) is 1.69. The molecule has 0 aliphatic carbocycles. The van der Waals surface area contributed by atoms with Crippen molar-refractivity contribution >= 4 is 29.1 Å². The van der Waals surface area contributed by atoms with Gasteiger partial charge in [0.25, 0.3) is 5.91 Å². The van der Waals surface area contributed by atoms with Crippen LogP contribution in [0.2, 0.25) is 5.02 Å². The molecule has 0 atom stereocenters. The van der Waals surface area contributed by atoms with Gasteiger partial charge in [-0.1, -0.05) is 23.7 Å². The number of halogens is 1. The number of furan rings is 1. The van der Waals surface area contributed by atoms with Crippen molar-refractivity contribution in [3.63, 3.8) is 0 Å². The Bertz CT molecular complexity index is 1240. The lowest BCUT2D eigenvalue weighted by Crippen LogP contribution is -2.14. The number of benzene rings is 1. The molecule has 0 fully saturated rings. The maximum Gasteiger partial charge on any atom is 0.279 e. The van der Waals surface area contributed by atoms with E-state index < -0.39 is 5.91 Å². The van der Waals surface area contributed by atoms with Crippen LogP contribution >= 0.6 is 11.6 Å². The summed E-state index contributed by atoms with van der Waals surface area (Å²) in [7, 11) is 0. The normalized spacial score (nSPS) is 10.9. The maximum absolute atomic E-state index is 12.8. The predicted molar refractivity (Wildman–Crippen MR) is 110 cm³/mol. The van der Waals surface area contributed by atoms with Crippen molar-refractivity contribution in [3.8, 4) is 11.3 Å². The molecule has 0 saturated heterocycles. The number of amides is 1. The number of ketones is 1. The van der Waals surface area contributed by atoms with E-state index in [9.17, 15) is 9.59 Å². The van der Waals surface area contributed by atoms with Gasteiger partial charge in [0.05, 0.1) is 6.54 Å². The quantitative estimate of drug-likeness (QED) is 0.454. The fourth-order valence-corrected chi connectivity index (χ4v) is 3.10. The highest BCUT2D eigenvalue weighted by Crippen LogP contribution is 2.27. The molecule has 0 aliphatic rings. The van der Waals surface area contributed by atoms with E-state index in [2.05, 4.69) is 15.4 Å². The van der Waals surface area contributed by atoms with E-state index in [0.29, 0.717) is 46.1 Å². The Balaban J connectivity index is 1.50. The van der Waals surface area contributed by atoms with Gasteiger partial charge in [-0.3, -0.25) is 14.3 Å². The average molecular weight is 425 g/mol. The van der Waals surface area contributed by atoms with Gasteiger partial charge in [-0.05, 0) is 24.3 Å². The van der Waals surface area contributed by atoms with E-state index in [-0.39, 0.29) is 11.5 Å². The third kappa shape index (κ3) is 4.18. The summed E-state index contributed by atoms with van der Waals surface area (Å²) in [6.45, 7) is 3.42. The largest absolute Gasteiger partial charge is 0.456 e. The van der Waals surface area contributed by atoms with Crippen molar-refractivity contribution in [1.29, 1.82) is 0 Å². The van der Waals surface area contributed by atoms with Gasteiger partial charge in [-0.25, -0.2) is 4.98 Å². The van der Waals surface area contributed by atoms with Crippen LogP contribution in [0.1, 0.15) is 39.6 Å². The topological polar surface area (TPSA) is 103 Å². The van der Waals surface area contributed by atoms with Gasteiger partial charge in [0.2, 0.25) is 0 Å². The Morgan fingerprint density at radius 2 is 2.00 bits per heavy atom. The molecule has 8 nitrogen and oxygen atoms in total. The number of hydrogen-bond acceptors (Lipinski definition) is 6. The zero-order chi connectivity index (χ0) is 21.3. The van der Waals surface area contributed by atoms with E-state index in [0.717, 1.165) is 0 Å². The fraction of sp³-hybridized carbons (Fsp3) is 0.143. The number of carbonyl (C=O) groups is 2. The van der Waals surface area contributed by atoms with Crippen molar-refractivity contribution in [2.45, 2.75) is 20.4 Å². The summed E-state index contributed by atoms with van der Waals surface area (Å²) in [6, 6.07) is 12.0. The lowest BCUT2D eigenvalue weighted by atomic mass is 10.1. The van der Waals surface area contributed by atoms with E-state index in [1.165, 1.54) is 6.92 Å². The maximum atomic E-state index is 12.8. The summed E-state index contributed by atoms with van der Waals surface area (Å²) >= 11 is 6.05. The van der Waals surface area contributed by atoms with Crippen LogP contribution in [0.15, 0.2) is 57.5 Å². The number of aryl methyl sites for hydroxylation is 1. The number of oxazole rings is 1. The molecular formula is C21H17ClN4O4. The van der Waals surface area contributed by atoms with Crippen LogP contribution in [0, 0.1) is 6.92 Å². The highest BCUT2D eigenvalue weighted by molar-refractivity contribution is 6.30. The molecule has 0 bridgehead atoms. The second kappa shape index (κ2) is 8.00. The van der Waals surface area contributed by atoms with Crippen molar-refractivity contribution in [3.05, 3.63) is 76.8 Å². The minimum absolute atomic E-state index is 0.140. The SMILES string of the molecule is CC(=O)c1ccc(Cn2ccc(NC(=O)c3nc(C)oc3-c3cccc(Cl)c3)n2)o1. The van der Waals surface area contributed by atoms with E-state index >= 15 is 0 Å². The highest BCUT2D eigenvalue weighted by atomic mass is 35.5. The van der Waals surface area contributed by atoms with Crippen LogP contribution < -0.4 is 5.32 Å². The molecule has 152 valence electrons.